The van der Waals surface area contributed by atoms with Crippen LogP contribution in [0, 0.1) is 0 Å². The third-order valence-electron chi connectivity index (χ3n) is 5.11. The van der Waals surface area contributed by atoms with E-state index < -0.39 is 11.9 Å². The Morgan fingerprint density at radius 1 is 0.759 bits per heavy atom. The van der Waals surface area contributed by atoms with Crippen LogP contribution in [0.1, 0.15) is 52.1 Å². The monoisotopic (exact) mass is 388 g/mol. The number of aryl methyl sites for hydroxylation is 2. The maximum atomic E-state index is 12.0. The second kappa shape index (κ2) is 8.74. The minimum Gasteiger partial charge on any atom is -0.478 e. The molecule has 0 aromatic heterocycles. The van der Waals surface area contributed by atoms with Crippen LogP contribution in [0.25, 0.3) is 22.3 Å². The summed E-state index contributed by atoms with van der Waals surface area (Å²) in [5.41, 5.74) is 5.05. The number of benzene rings is 3. The summed E-state index contributed by atoms with van der Waals surface area (Å²) in [6, 6.07) is 18.2. The van der Waals surface area contributed by atoms with Gasteiger partial charge in [-0.25, -0.2) is 9.59 Å². The lowest BCUT2D eigenvalue weighted by Gasteiger charge is -2.18. The molecule has 0 bridgehead atoms. The van der Waals surface area contributed by atoms with Crippen molar-refractivity contribution in [2.45, 2.75) is 33.1 Å². The highest BCUT2D eigenvalue weighted by Gasteiger charge is 2.21. The number of hydrogen-bond acceptors (Lipinski definition) is 2. The Morgan fingerprint density at radius 3 is 2.07 bits per heavy atom. The molecule has 3 aromatic rings. The van der Waals surface area contributed by atoms with E-state index in [1.54, 1.807) is 18.2 Å². The van der Waals surface area contributed by atoms with Crippen LogP contribution in [-0.4, -0.2) is 22.2 Å². The molecule has 0 aliphatic rings. The summed E-state index contributed by atoms with van der Waals surface area (Å²) in [5, 5.41) is 19.6. The van der Waals surface area contributed by atoms with Crippen molar-refractivity contribution in [3.05, 3.63) is 82.9 Å². The zero-order valence-electron chi connectivity index (χ0n) is 16.6. The molecule has 0 saturated heterocycles. The zero-order chi connectivity index (χ0) is 21.0. The minimum atomic E-state index is -0.995. The molecule has 0 amide bonds. The molecule has 3 rings (SSSR count). The molecule has 0 spiro atoms. The van der Waals surface area contributed by atoms with Crippen molar-refractivity contribution in [3.63, 3.8) is 0 Å². The van der Waals surface area contributed by atoms with Crippen LogP contribution < -0.4 is 0 Å². The van der Waals surface area contributed by atoms with E-state index in [9.17, 15) is 19.8 Å². The van der Waals surface area contributed by atoms with Gasteiger partial charge in [0.1, 0.15) is 0 Å². The Kier molecular flexibility index (Phi) is 6.13. The molecule has 0 unspecified atom stereocenters. The molecule has 29 heavy (non-hydrogen) atoms. The molecular formula is C25H24O4. The van der Waals surface area contributed by atoms with Crippen molar-refractivity contribution >= 4 is 11.9 Å². The van der Waals surface area contributed by atoms with E-state index in [1.807, 2.05) is 49.4 Å². The van der Waals surface area contributed by atoms with E-state index in [0.717, 1.165) is 41.5 Å². The van der Waals surface area contributed by atoms with Gasteiger partial charge in [0.05, 0.1) is 11.1 Å². The van der Waals surface area contributed by atoms with E-state index in [0.29, 0.717) is 11.1 Å². The summed E-state index contributed by atoms with van der Waals surface area (Å²) in [7, 11) is 0. The third kappa shape index (κ3) is 4.06. The number of hydrogen-bond donors (Lipinski definition) is 2. The maximum Gasteiger partial charge on any atom is 0.336 e. The smallest absolute Gasteiger partial charge is 0.336 e. The average Bonchev–Trinajstić information content (AvgIpc) is 2.73. The van der Waals surface area contributed by atoms with Gasteiger partial charge in [-0.15, -0.1) is 0 Å². The summed E-state index contributed by atoms with van der Waals surface area (Å²) in [5.74, 6) is -1.99. The molecule has 0 aliphatic heterocycles. The van der Waals surface area contributed by atoms with Crippen LogP contribution in [-0.2, 0) is 12.8 Å². The summed E-state index contributed by atoms with van der Waals surface area (Å²) >= 11 is 0. The number of carbonyl (C=O) groups is 2. The van der Waals surface area contributed by atoms with E-state index in [4.69, 9.17) is 0 Å². The van der Waals surface area contributed by atoms with Crippen LogP contribution in [0.15, 0.2) is 60.7 Å². The lowest BCUT2D eigenvalue weighted by Crippen LogP contribution is -2.05. The first-order valence-electron chi connectivity index (χ1n) is 9.79. The predicted octanol–water partition coefficient (Wildman–Crippen LogP) is 5.93. The van der Waals surface area contributed by atoms with Crippen LogP contribution in [0.3, 0.4) is 0 Å². The number of aromatic carboxylic acids is 2. The fourth-order valence-electron chi connectivity index (χ4n) is 3.73. The molecule has 4 heteroatoms. The van der Waals surface area contributed by atoms with Gasteiger partial charge in [0.15, 0.2) is 0 Å². The van der Waals surface area contributed by atoms with E-state index in [2.05, 4.69) is 6.92 Å². The van der Waals surface area contributed by atoms with Crippen molar-refractivity contribution in [2.24, 2.45) is 0 Å². The first-order chi connectivity index (χ1) is 14.0. The molecular weight excluding hydrogens is 364 g/mol. The highest BCUT2D eigenvalue weighted by Crippen LogP contribution is 2.38. The minimum absolute atomic E-state index is 0.224. The fraction of sp³-hybridized carbons (Fsp3) is 0.200. The van der Waals surface area contributed by atoms with Gasteiger partial charge in [0.25, 0.3) is 0 Å². The number of rotatable bonds is 7. The molecule has 0 atom stereocenters. The van der Waals surface area contributed by atoms with E-state index in [1.165, 1.54) is 0 Å². The Morgan fingerprint density at radius 2 is 1.45 bits per heavy atom. The van der Waals surface area contributed by atoms with Crippen LogP contribution in [0.5, 0.6) is 0 Å². The Hall–Kier alpha value is -3.40. The van der Waals surface area contributed by atoms with Gasteiger partial charge < -0.3 is 10.2 Å². The highest BCUT2D eigenvalue weighted by atomic mass is 16.4. The Labute approximate surface area is 170 Å². The normalized spacial score (nSPS) is 10.7. The van der Waals surface area contributed by atoms with Crippen LogP contribution in [0.2, 0.25) is 0 Å². The highest BCUT2D eigenvalue weighted by molar-refractivity contribution is 6.03. The van der Waals surface area contributed by atoms with Gasteiger partial charge in [-0.1, -0.05) is 68.8 Å². The summed E-state index contributed by atoms with van der Waals surface area (Å²) in [6.07, 6.45) is 2.36. The topological polar surface area (TPSA) is 74.6 Å². The molecule has 3 aromatic carbocycles. The fourth-order valence-corrected chi connectivity index (χ4v) is 3.73. The molecule has 0 aliphatic carbocycles. The molecule has 0 heterocycles. The standard InChI is InChI=1S/C25H24O4/c1-3-8-17-9-7-12-21(24(26)27)23(17)20-11-6-5-10-18(20)19-14-13-16(4-2)15-22(19)25(28)29/h5-7,9-15H,3-4,8H2,1-2H3,(H,26,27)(H,28,29). The van der Waals surface area contributed by atoms with Gasteiger partial charge in [-0.3, -0.25) is 0 Å². The van der Waals surface area contributed by atoms with Gasteiger partial charge in [-0.05, 0) is 58.4 Å². The summed E-state index contributed by atoms with van der Waals surface area (Å²) in [6.45, 7) is 4.03. The average molecular weight is 388 g/mol. The quantitative estimate of drug-likeness (QED) is 0.526. The SMILES string of the molecule is CCCc1cccc(C(=O)O)c1-c1ccccc1-c1ccc(CC)cc1C(=O)O. The Bertz CT molecular complexity index is 1070. The molecule has 0 saturated carbocycles. The van der Waals surface area contributed by atoms with Gasteiger partial charge in [0, 0.05) is 0 Å². The van der Waals surface area contributed by atoms with Crippen LogP contribution >= 0.6 is 0 Å². The van der Waals surface area contributed by atoms with E-state index >= 15 is 0 Å². The maximum absolute atomic E-state index is 12.0. The van der Waals surface area contributed by atoms with Crippen molar-refractivity contribution in [3.8, 4) is 22.3 Å². The zero-order valence-corrected chi connectivity index (χ0v) is 16.6. The molecule has 0 radical (unpaired) electrons. The summed E-state index contributed by atoms with van der Waals surface area (Å²) < 4.78 is 0. The molecule has 2 N–H and O–H groups in total. The predicted molar refractivity (Wildman–Crippen MR) is 115 cm³/mol. The van der Waals surface area contributed by atoms with Gasteiger partial charge >= 0.3 is 11.9 Å². The summed E-state index contributed by atoms with van der Waals surface area (Å²) in [4.78, 5) is 23.9. The second-order valence-corrected chi connectivity index (χ2v) is 6.98. The van der Waals surface area contributed by atoms with Crippen molar-refractivity contribution in [1.82, 2.24) is 0 Å². The first kappa shape index (κ1) is 20.3. The van der Waals surface area contributed by atoms with Crippen molar-refractivity contribution in [2.75, 3.05) is 0 Å². The van der Waals surface area contributed by atoms with Crippen molar-refractivity contribution < 1.29 is 19.8 Å². The van der Waals surface area contributed by atoms with Crippen molar-refractivity contribution in [1.29, 1.82) is 0 Å². The number of carboxylic acid groups (broad SMARTS) is 2. The third-order valence-corrected chi connectivity index (χ3v) is 5.11. The molecule has 4 nitrogen and oxygen atoms in total. The molecule has 148 valence electrons. The van der Waals surface area contributed by atoms with Crippen LogP contribution in [0.4, 0.5) is 0 Å². The first-order valence-corrected chi connectivity index (χ1v) is 9.79. The number of carboxylic acids is 2. The largest absolute Gasteiger partial charge is 0.478 e. The second-order valence-electron chi connectivity index (χ2n) is 6.98. The van der Waals surface area contributed by atoms with Gasteiger partial charge in [-0.2, -0.15) is 0 Å². The molecule has 0 fully saturated rings. The lowest BCUT2D eigenvalue weighted by molar-refractivity contribution is 0.0686. The van der Waals surface area contributed by atoms with Gasteiger partial charge in [0.2, 0.25) is 0 Å². The lowest BCUT2D eigenvalue weighted by atomic mass is 9.86. The van der Waals surface area contributed by atoms with E-state index in [-0.39, 0.29) is 11.1 Å². The Balaban J connectivity index is 2.34.